The van der Waals surface area contributed by atoms with Crippen LogP contribution in [0.1, 0.15) is 34.0 Å². The van der Waals surface area contributed by atoms with Crippen molar-refractivity contribution in [2.45, 2.75) is 25.6 Å². The average Bonchev–Trinajstić information content (AvgIpc) is 2.86. The Hall–Kier alpha value is -3.30. The lowest BCUT2D eigenvalue weighted by molar-refractivity contribution is -0.133. The number of allylic oxidation sites excluding steroid dienone is 2. The van der Waals surface area contributed by atoms with Crippen LogP contribution in [-0.2, 0) is 16.1 Å². The van der Waals surface area contributed by atoms with Gasteiger partial charge in [0.15, 0.2) is 0 Å². The van der Waals surface area contributed by atoms with E-state index in [1.807, 2.05) is 24.3 Å². The van der Waals surface area contributed by atoms with Gasteiger partial charge in [0.2, 0.25) is 0 Å². The van der Waals surface area contributed by atoms with Crippen molar-refractivity contribution in [1.29, 1.82) is 0 Å². The Morgan fingerprint density at radius 3 is 2.09 bits per heavy atom. The first-order valence-electron chi connectivity index (χ1n) is 11.2. The average molecular weight is 466 g/mol. The van der Waals surface area contributed by atoms with Crippen molar-refractivity contribution in [2.75, 3.05) is 26.3 Å². The van der Waals surface area contributed by atoms with E-state index in [2.05, 4.69) is 34.5 Å². The fourth-order valence-electron chi connectivity index (χ4n) is 3.53. The number of rotatable bonds is 9. The Morgan fingerprint density at radius 2 is 1.56 bits per heavy atom. The van der Waals surface area contributed by atoms with Crippen molar-refractivity contribution >= 4 is 24.0 Å². The molecule has 1 heterocycles. The first-order chi connectivity index (χ1) is 16.5. The lowest BCUT2D eigenvalue weighted by Crippen LogP contribution is -2.51. The summed E-state index contributed by atoms with van der Waals surface area (Å²) in [6, 6.07) is 14.1. The van der Waals surface area contributed by atoms with E-state index in [-0.39, 0.29) is 0 Å². The molecule has 4 N–H and O–H groups in total. The van der Waals surface area contributed by atoms with E-state index in [4.69, 9.17) is 9.94 Å². The van der Waals surface area contributed by atoms with Crippen molar-refractivity contribution in [1.82, 2.24) is 15.7 Å². The molecule has 0 bridgehead atoms. The van der Waals surface area contributed by atoms with Gasteiger partial charge < -0.3 is 15.2 Å². The molecule has 180 valence electrons. The van der Waals surface area contributed by atoms with E-state index in [1.165, 1.54) is 18.0 Å². The highest BCUT2D eigenvalue weighted by atomic mass is 16.5. The van der Waals surface area contributed by atoms with Crippen LogP contribution in [0.15, 0.2) is 60.7 Å². The summed E-state index contributed by atoms with van der Waals surface area (Å²) in [7, 11) is 0. The summed E-state index contributed by atoms with van der Waals surface area (Å²) in [6.07, 6.45) is 6.66. The largest absolute Gasteiger partial charge is 0.391 e. The third kappa shape index (κ3) is 7.64. The van der Waals surface area contributed by atoms with Gasteiger partial charge in [-0.2, -0.15) is 0 Å². The second kappa shape index (κ2) is 12.8. The summed E-state index contributed by atoms with van der Waals surface area (Å²) in [5, 5.41) is 20.8. The topological polar surface area (TPSA) is 111 Å². The van der Waals surface area contributed by atoms with Crippen LogP contribution in [0, 0.1) is 0 Å². The zero-order valence-corrected chi connectivity index (χ0v) is 19.2. The molecule has 2 amide bonds. The molecule has 0 spiro atoms. The molecule has 0 aromatic heterocycles. The Morgan fingerprint density at radius 1 is 1.00 bits per heavy atom. The molecule has 34 heavy (non-hydrogen) atoms. The standard InChI is InChI=1S/C26H31N3O5/c1-19(30)24(26(32)28-33)27-25(31)23-12-10-21(11-13-23)5-3-2-4-20-6-8-22(9-7-20)18-29-14-16-34-17-15-29/h2-13,19,24,30,33H,14-18H2,1H3,(H,27,31)(H,28,32)/b4-2+,5-3+. The highest BCUT2D eigenvalue weighted by molar-refractivity contribution is 5.97. The van der Waals surface area contributed by atoms with E-state index in [9.17, 15) is 14.7 Å². The molecule has 1 saturated heterocycles. The second-order valence-electron chi connectivity index (χ2n) is 8.14. The molecule has 0 saturated carbocycles. The number of hydrogen-bond acceptors (Lipinski definition) is 6. The van der Waals surface area contributed by atoms with E-state index in [1.54, 1.807) is 24.3 Å². The number of amides is 2. The van der Waals surface area contributed by atoms with E-state index >= 15 is 0 Å². The van der Waals surface area contributed by atoms with Crippen molar-refractivity contribution < 1.29 is 24.6 Å². The normalized spacial score (nSPS) is 16.4. The second-order valence-corrected chi connectivity index (χ2v) is 8.14. The van der Waals surface area contributed by atoms with E-state index in [0.717, 1.165) is 44.0 Å². The van der Waals surface area contributed by atoms with Gasteiger partial charge >= 0.3 is 0 Å². The minimum absolute atomic E-state index is 0.334. The molecule has 1 aliphatic heterocycles. The first kappa shape index (κ1) is 25.3. The number of morpholine rings is 1. The molecule has 1 fully saturated rings. The molecular formula is C26H31N3O5. The van der Waals surface area contributed by atoms with E-state index < -0.39 is 24.0 Å². The van der Waals surface area contributed by atoms with Crippen LogP contribution in [0.3, 0.4) is 0 Å². The smallest absolute Gasteiger partial charge is 0.268 e. The maximum atomic E-state index is 12.3. The van der Waals surface area contributed by atoms with Crippen LogP contribution < -0.4 is 10.8 Å². The highest BCUT2D eigenvalue weighted by Gasteiger charge is 2.25. The number of carbonyl (C=O) groups is 2. The summed E-state index contributed by atoms with van der Waals surface area (Å²) in [5.41, 5.74) is 5.08. The summed E-state index contributed by atoms with van der Waals surface area (Å²) in [4.78, 5) is 26.3. The van der Waals surface area contributed by atoms with Gasteiger partial charge in [-0.3, -0.25) is 19.7 Å². The fraction of sp³-hybridized carbons (Fsp3) is 0.308. The number of ether oxygens (including phenoxy) is 1. The van der Waals surface area contributed by atoms with Gasteiger partial charge in [0, 0.05) is 25.2 Å². The molecule has 1 aliphatic rings. The monoisotopic (exact) mass is 465 g/mol. The fourth-order valence-corrected chi connectivity index (χ4v) is 3.53. The third-order valence-corrected chi connectivity index (χ3v) is 5.51. The summed E-state index contributed by atoms with van der Waals surface area (Å²) >= 11 is 0. The predicted octanol–water partition coefficient (Wildman–Crippen LogP) is 2.23. The van der Waals surface area contributed by atoms with Crippen LogP contribution in [0.25, 0.3) is 12.2 Å². The Bertz CT molecular complexity index is 994. The number of benzene rings is 2. The van der Waals surface area contributed by atoms with Crippen molar-refractivity contribution in [3.8, 4) is 0 Å². The lowest BCUT2D eigenvalue weighted by Gasteiger charge is -2.26. The van der Waals surface area contributed by atoms with Crippen LogP contribution in [0.2, 0.25) is 0 Å². The van der Waals surface area contributed by atoms with Crippen molar-refractivity contribution in [3.05, 3.63) is 82.9 Å². The maximum absolute atomic E-state index is 12.3. The molecule has 2 aromatic rings. The quantitative estimate of drug-likeness (QED) is 0.257. The summed E-state index contributed by atoms with van der Waals surface area (Å²) in [6.45, 7) is 5.84. The maximum Gasteiger partial charge on any atom is 0.268 e. The van der Waals surface area contributed by atoms with Gasteiger partial charge in [0.25, 0.3) is 11.8 Å². The molecule has 0 aliphatic carbocycles. The van der Waals surface area contributed by atoms with Gasteiger partial charge in [-0.1, -0.05) is 60.7 Å². The Balaban J connectivity index is 1.50. The third-order valence-electron chi connectivity index (χ3n) is 5.51. The highest BCUT2D eigenvalue weighted by Crippen LogP contribution is 2.11. The molecule has 2 aromatic carbocycles. The van der Waals surface area contributed by atoms with Gasteiger partial charge in [-0.25, -0.2) is 5.48 Å². The molecule has 8 heteroatoms. The molecule has 3 rings (SSSR count). The number of hydrogen-bond donors (Lipinski definition) is 4. The van der Waals surface area contributed by atoms with Crippen LogP contribution in [0.5, 0.6) is 0 Å². The Kier molecular flexibility index (Phi) is 9.54. The van der Waals surface area contributed by atoms with Gasteiger partial charge in [-0.15, -0.1) is 0 Å². The SMILES string of the molecule is CC(O)C(NC(=O)c1ccc(/C=C/C=C/c2ccc(CN3CCOCC3)cc2)cc1)C(=O)NO. The van der Waals surface area contributed by atoms with Gasteiger partial charge in [0.1, 0.15) is 6.04 Å². The molecular weight excluding hydrogens is 434 g/mol. The first-order valence-corrected chi connectivity index (χ1v) is 11.2. The van der Waals surface area contributed by atoms with Gasteiger partial charge in [0.05, 0.1) is 19.3 Å². The van der Waals surface area contributed by atoms with Crippen molar-refractivity contribution in [3.63, 3.8) is 0 Å². The van der Waals surface area contributed by atoms with Crippen LogP contribution in [-0.4, -0.2) is 65.5 Å². The minimum Gasteiger partial charge on any atom is -0.391 e. The van der Waals surface area contributed by atoms with Crippen molar-refractivity contribution in [2.24, 2.45) is 0 Å². The predicted molar refractivity (Wildman–Crippen MR) is 130 cm³/mol. The molecule has 0 radical (unpaired) electrons. The number of aliphatic hydroxyl groups is 1. The van der Waals surface area contributed by atoms with Crippen LogP contribution >= 0.6 is 0 Å². The van der Waals surface area contributed by atoms with Gasteiger partial charge in [-0.05, 0) is 35.7 Å². The summed E-state index contributed by atoms with van der Waals surface area (Å²) in [5.74, 6) is -1.41. The molecule has 2 unspecified atom stereocenters. The zero-order chi connectivity index (χ0) is 24.3. The number of aliphatic hydroxyl groups excluding tert-OH is 1. The number of nitrogens with zero attached hydrogens (tertiary/aromatic N) is 1. The molecule has 2 atom stereocenters. The number of nitrogens with one attached hydrogen (secondary N) is 2. The molecule has 8 nitrogen and oxygen atoms in total. The van der Waals surface area contributed by atoms with E-state index in [0.29, 0.717) is 5.56 Å². The summed E-state index contributed by atoms with van der Waals surface area (Å²) < 4.78 is 5.39. The number of hydroxylamine groups is 1. The minimum atomic E-state index is -1.25. The Labute approximate surface area is 199 Å². The zero-order valence-electron chi connectivity index (χ0n) is 19.2. The number of carbonyl (C=O) groups excluding carboxylic acids is 2. The lowest BCUT2D eigenvalue weighted by atomic mass is 10.1. The van der Waals surface area contributed by atoms with Crippen LogP contribution in [0.4, 0.5) is 0 Å².